The van der Waals surface area contributed by atoms with Crippen LogP contribution >= 0.6 is 24.0 Å². The van der Waals surface area contributed by atoms with Crippen LogP contribution in [-0.4, -0.2) is 32.7 Å². The SMILES string of the molecule is C=C(/C=C1\SC(=S)N(CCCC(=O)O)C1=O)CC. The van der Waals surface area contributed by atoms with E-state index in [0.29, 0.717) is 22.2 Å². The van der Waals surface area contributed by atoms with E-state index in [1.165, 1.54) is 16.7 Å². The normalized spacial score (nSPS) is 17.6. The average molecular weight is 285 g/mol. The quantitative estimate of drug-likeness (QED) is 0.600. The molecule has 0 atom stereocenters. The fourth-order valence-electron chi connectivity index (χ4n) is 1.37. The maximum atomic E-state index is 12.0. The Kier molecular flexibility index (Phi) is 5.55. The summed E-state index contributed by atoms with van der Waals surface area (Å²) in [5.41, 5.74) is 0.876. The number of allylic oxidation sites excluding steroid dienone is 2. The predicted molar refractivity (Wildman–Crippen MR) is 76.3 cm³/mol. The Balaban J connectivity index is 2.64. The van der Waals surface area contributed by atoms with E-state index in [2.05, 4.69) is 6.58 Å². The molecule has 1 aliphatic rings. The smallest absolute Gasteiger partial charge is 0.303 e. The highest BCUT2D eigenvalue weighted by atomic mass is 32.2. The Labute approximate surface area is 116 Å². The molecule has 98 valence electrons. The minimum Gasteiger partial charge on any atom is -0.481 e. The van der Waals surface area contributed by atoms with Crippen molar-refractivity contribution in [3.8, 4) is 0 Å². The number of nitrogens with zero attached hydrogens (tertiary/aromatic N) is 1. The lowest BCUT2D eigenvalue weighted by atomic mass is 10.2. The van der Waals surface area contributed by atoms with Gasteiger partial charge in [0.25, 0.3) is 5.91 Å². The monoisotopic (exact) mass is 285 g/mol. The van der Waals surface area contributed by atoms with Gasteiger partial charge in [0.05, 0.1) is 4.91 Å². The number of aliphatic carboxylic acids is 1. The van der Waals surface area contributed by atoms with E-state index in [0.717, 1.165) is 12.0 Å². The van der Waals surface area contributed by atoms with Crippen LogP contribution in [0.1, 0.15) is 26.2 Å². The van der Waals surface area contributed by atoms with E-state index in [1.54, 1.807) is 6.08 Å². The average Bonchev–Trinajstić information content (AvgIpc) is 2.56. The molecule has 1 aliphatic heterocycles. The van der Waals surface area contributed by atoms with Crippen molar-refractivity contribution in [2.45, 2.75) is 26.2 Å². The van der Waals surface area contributed by atoms with Crippen molar-refractivity contribution in [1.82, 2.24) is 4.90 Å². The Morgan fingerprint density at radius 3 is 2.83 bits per heavy atom. The maximum absolute atomic E-state index is 12.0. The van der Waals surface area contributed by atoms with Gasteiger partial charge in [0.2, 0.25) is 0 Å². The summed E-state index contributed by atoms with van der Waals surface area (Å²) in [4.78, 5) is 24.5. The van der Waals surface area contributed by atoms with Gasteiger partial charge in [-0.1, -0.05) is 43.1 Å². The molecular formula is C12H15NO3S2. The zero-order chi connectivity index (χ0) is 13.7. The number of amides is 1. The molecule has 1 amide bonds. The van der Waals surface area contributed by atoms with Gasteiger partial charge in [0.1, 0.15) is 4.32 Å². The van der Waals surface area contributed by atoms with Gasteiger partial charge in [0, 0.05) is 13.0 Å². The van der Waals surface area contributed by atoms with Crippen LogP contribution in [-0.2, 0) is 9.59 Å². The van der Waals surface area contributed by atoms with E-state index in [1.807, 2.05) is 6.92 Å². The first-order valence-corrected chi connectivity index (χ1v) is 6.83. The first-order valence-electron chi connectivity index (χ1n) is 5.60. The van der Waals surface area contributed by atoms with Crippen LogP contribution in [0.4, 0.5) is 0 Å². The van der Waals surface area contributed by atoms with Crippen molar-refractivity contribution < 1.29 is 14.7 Å². The van der Waals surface area contributed by atoms with E-state index >= 15 is 0 Å². The zero-order valence-corrected chi connectivity index (χ0v) is 11.8. The minimum absolute atomic E-state index is 0.0395. The molecule has 0 aromatic rings. The molecule has 1 N–H and O–H groups in total. The summed E-state index contributed by atoms with van der Waals surface area (Å²) < 4.78 is 0.487. The van der Waals surface area contributed by atoms with Crippen molar-refractivity contribution in [3.05, 3.63) is 23.1 Å². The first kappa shape index (κ1) is 14.9. The minimum atomic E-state index is -0.865. The van der Waals surface area contributed by atoms with Crippen LogP contribution in [0.2, 0.25) is 0 Å². The van der Waals surface area contributed by atoms with Gasteiger partial charge in [-0.05, 0) is 18.9 Å². The second kappa shape index (κ2) is 6.70. The number of hydrogen-bond donors (Lipinski definition) is 1. The Hall–Kier alpha value is -1.14. The summed E-state index contributed by atoms with van der Waals surface area (Å²) in [6.07, 6.45) is 2.97. The van der Waals surface area contributed by atoms with Gasteiger partial charge >= 0.3 is 5.97 Å². The number of thioether (sulfide) groups is 1. The molecule has 1 saturated heterocycles. The fourth-order valence-corrected chi connectivity index (χ4v) is 2.71. The van der Waals surface area contributed by atoms with Gasteiger partial charge in [-0.3, -0.25) is 14.5 Å². The van der Waals surface area contributed by atoms with Crippen molar-refractivity contribution in [3.63, 3.8) is 0 Å². The topological polar surface area (TPSA) is 57.6 Å². The second-order valence-electron chi connectivity index (χ2n) is 3.84. The molecule has 0 unspecified atom stereocenters. The third kappa shape index (κ3) is 3.96. The van der Waals surface area contributed by atoms with Gasteiger partial charge in [0.15, 0.2) is 0 Å². The molecule has 1 heterocycles. The lowest BCUT2D eigenvalue weighted by Gasteiger charge is -2.13. The van der Waals surface area contributed by atoms with Crippen LogP contribution in [0.15, 0.2) is 23.1 Å². The third-order valence-corrected chi connectivity index (χ3v) is 3.81. The van der Waals surface area contributed by atoms with Crippen LogP contribution in [0.5, 0.6) is 0 Å². The molecular weight excluding hydrogens is 270 g/mol. The standard InChI is InChI=1S/C12H15NO3S2/c1-3-8(2)7-9-11(16)13(12(17)18-9)6-4-5-10(14)15/h7H,2-6H2,1H3,(H,14,15)/b9-7-. The van der Waals surface area contributed by atoms with Crippen molar-refractivity contribution in [2.75, 3.05) is 6.54 Å². The molecule has 18 heavy (non-hydrogen) atoms. The van der Waals surface area contributed by atoms with Crippen molar-refractivity contribution >= 4 is 40.2 Å². The van der Waals surface area contributed by atoms with Gasteiger partial charge < -0.3 is 5.11 Å². The highest BCUT2D eigenvalue weighted by Crippen LogP contribution is 2.32. The second-order valence-corrected chi connectivity index (χ2v) is 5.52. The number of carboxylic acids is 1. The van der Waals surface area contributed by atoms with Crippen LogP contribution in [0, 0.1) is 0 Å². The lowest BCUT2D eigenvalue weighted by Crippen LogP contribution is -2.29. The number of thiocarbonyl (C=S) groups is 1. The van der Waals surface area contributed by atoms with Gasteiger partial charge in [-0.15, -0.1) is 0 Å². The summed E-state index contributed by atoms with van der Waals surface area (Å²) in [7, 11) is 0. The lowest BCUT2D eigenvalue weighted by molar-refractivity contribution is -0.137. The van der Waals surface area contributed by atoms with E-state index in [4.69, 9.17) is 17.3 Å². The third-order valence-electron chi connectivity index (χ3n) is 2.44. The number of hydrogen-bond acceptors (Lipinski definition) is 4. The summed E-state index contributed by atoms with van der Waals surface area (Å²) in [5, 5.41) is 8.56. The van der Waals surface area contributed by atoms with Crippen molar-refractivity contribution in [1.29, 1.82) is 0 Å². The number of rotatable bonds is 6. The van der Waals surface area contributed by atoms with Crippen LogP contribution < -0.4 is 0 Å². The molecule has 0 saturated carbocycles. The molecule has 6 heteroatoms. The molecule has 4 nitrogen and oxygen atoms in total. The Morgan fingerprint density at radius 1 is 1.61 bits per heavy atom. The zero-order valence-electron chi connectivity index (χ0n) is 10.1. The number of carbonyl (C=O) groups excluding carboxylic acids is 1. The molecule has 0 aliphatic carbocycles. The van der Waals surface area contributed by atoms with E-state index in [-0.39, 0.29) is 12.3 Å². The van der Waals surface area contributed by atoms with Crippen molar-refractivity contribution in [2.24, 2.45) is 0 Å². The molecule has 1 rings (SSSR count). The summed E-state index contributed by atoms with van der Waals surface area (Å²) in [5.74, 6) is -1.01. The van der Waals surface area contributed by atoms with Crippen LogP contribution in [0.25, 0.3) is 0 Å². The molecule has 0 spiro atoms. The number of carbonyl (C=O) groups is 2. The molecule has 0 radical (unpaired) electrons. The predicted octanol–water partition coefficient (Wildman–Crippen LogP) is 2.56. The molecule has 0 aromatic heterocycles. The Bertz CT molecular complexity index is 429. The highest BCUT2D eigenvalue weighted by Gasteiger charge is 2.31. The molecule has 0 bridgehead atoms. The summed E-state index contributed by atoms with van der Waals surface area (Å²) >= 11 is 6.36. The van der Waals surface area contributed by atoms with E-state index < -0.39 is 5.97 Å². The number of carboxylic acid groups (broad SMARTS) is 1. The van der Waals surface area contributed by atoms with E-state index in [9.17, 15) is 9.59 Å². The van der Waals surface area contributed by atoms with Gasteiger partial charge in [-0.25, -0.2) is 0 Å². The largest absolute Gasteiger partial charge is 0.481 e. The van der Waals surface area contributed by atoms with Gasteiger partial charge in [-0.2, -0.15) is 0 Å². The summed E-state index contributed by atoms with van der Waals surface area (Å²) in [6.45, 7) is 6.14. The summed E-state index contributed by atoms with van der Waals surface area (Å²) in [6, 6.07) is 0. The molecule has 0 aromatic carbocycles. The fraction of sp³-hybridized carbons (Fsp3) is 0.417. The molecule has 1 fully saturated rings. The highest BCUT2D eigenvalue weighted by molar-refractivity contribution is 8.26. The van der Waals surface area contributed by atoms with Crippen LogP contribution in [0.3, 0.4) is 0 Å². The first-order chi connectivity index (χ1) is 8.45. The Morgan fingerprint density at radius 2 is 2.28 bits per heavy atom. The maximum Gasteiger partial charge on any atom is 0.303 e.